The van der Waals surface area contributed by atoms with E-state index in [1.165, 1.54) is 11.1 Å². The topological polar surface area (TPSA) is 63.5 Å². The third-order valence-corrected chi connectivity index (χ3v) is 3.79. The molecule has 0 atom stereocenters. The maximum absolute atomic E-state index is 5.43. The van der Waals surface area contributed by atoms with Crippen LogP contribution in [0.25, 0.3) is 0 Å². The molecule has 0 aliphatic carbocycles. The van der Waals surface area contributed by atoms with Gasteiger partial charge in [0, 0.05) is 26.3 Å². The molecule has 24 heavy (non-hydrogen) atoms. The van der Waals surface area contributed by atoms with Crippen molar-refractivity contribution in [3.8, 4) is 5.75 Å². The molecule has 130 valence electrons. The number of aromatic nitrogens is 2. The summed E-state index contributed by atoms with van der Waals surface area (Å²) in [5.74, 6) is 1.74. The lowest BCUT2D eigenvalue weighted by Gasteiger charge is -2.13. The van der Waals surface area contributed by atoms with Crippen molar-refractivity contribution in [2.24, 2.45) is 12.0 Å². The molecule has 6 heteroatoms. The molecule has 0 amide bonds. The molecular formula is C18H27N5O. The molecule has 2 N–H and O–H groups in total. The molecule has 1 heterocycles. The third kappa shape index (κ3) is 5.01. The van der Waals surface area contributed by atoms with E-state index in [1.807, 2.05) is 23.9 Å². The van der Waals surface area contributed by atoms with Gasteiger partial charge >= 0.3 is 0 Å². The average Bonchev–Trinajstić information content (AvgIpc) is 2.98. The van der Waals surface area contributed by atoms with Crippen LogP contribution in [0, 0.1) is 6.92 Å². The largest absolute Gasteiger partial charge is 0.496 e. The van der Waals surface area contributed by atoms with Crippen molar-refractivity contribution in [1.29, 1.82) is 0 Å². The summed E-state index contributed by atoms with van der Waals surface area (Å²) >= 11 is 0. The van der Waals surface area contributed by atoms with E-state index in [9.17, 15) is 0 Å². The number of benzene rings is 1. The Bertz CT molecular complexity index is 678. The first-order valence-electron chi connectivity index (χ1n) is 8.26. The van der Waals surface area contributed by atoms with Crippen molar-refractivity contribution in [3.05, 3.63) is 47.3 Å². The molecule has 0 radical (unpaired) electrons. The number of nitrogens with zero attached hydrogens (tertiary/aromatic N) is 3. The lowest BCUT2D eigenvalue weighted by atomic mass is 10.1. The minimum Gasteiger partial charge on any atom is -0.496 e. The lowest BCUT2D eigenvalue weighted by Crippen LogP contribution is -2.38. The van der Waals surface area contributed by atoms with E-state index in [2.05, 4.69) is 46.7 Å². The molecule has 2 rings (SSSR count). The summed E-state index contributed by atoms with van der Waals surface area (Å²) in [5.41, 5.74) is 3.52. The van der Waals surface area contributed by atoms with Crippen LogP contribution in [0.5, 0.6) is 5.75 Å². The maximum Gasteiger partial charge on any atom is 0.191 e. The number of hydrogen-bond donors (Lipinski definition) is 2. The highest BCUT2D eigenvalue weighted by Crippen LogP contribution is 2.19. The van der Waals surface area contributed by atoms with Crippen molar-refractivity contribution in [1.82, 2.24) is 20.4 Å². The van der Waals surface area contributed by atoms with Gasteiger partial charge < -0.3 is 15.4 Å². The summed E-state index contributed by atoms with van der Waals surface area (Å²) in [6.45, 7) is 6.36. The number of aliphatic imine (C=N–C) groups is 1. The van der Waals surface area contributed by atoms with Gasteiger partial charge in [-0.2, -0.15) is 5.10 Å². The van der Waals surface area contributed by atoms with Crippen molar-refractivity contribution >= 4 is 5.96 Å². The highest BCUT2D eigenvalue weighted by atomic mass is 16.5. The van der Waals surface area contributed by atoms with Crippen LogP contribution in [-0.2, 0) is 20.0 Å². The SMILES string of the molecule is CCNC(=NCc1ccnn1C)NCCc1cc(C)ccc1OC. The fraction of sp³-hybridized carbons (Fsp3) is 0.444. The number of aryl methyl sites for hydroxylation is 2. The van der Waals surface area contributed by atoms with Gasteiger partial charge in [-0.1, -0.05) is 17.7 Å². The van der Waals surface area contributed by atoms with E-state index >= 15 is 0 Å². The highest BCUT2D eigenvalue weighted by Gasteiger charge is 2.04. The van der Waals surface area contributed by atoms with Crippen LogP contribution in [0.1, 0.15) is 23.7 Å². The number of ether oxygens (including phenoxy) is 1. The first-order chi connectivity index (χ1) is 11.6. The predicted molar refractivity (Wildman–Crippen MR) is 97.5 cm³/mol. The van der Waals surface area contributed by atoms with Crippen LogP contribution in [0.3, 0.4) is 0 Å². The molecule has 0 unspecified atom stereocenters. The van der Waals surface area contributed by atoms with E-state index in [0.717, 1.165) is 36.9 Å². The van der Waals surface area contributed by atoms with Crippen molar-refractivity contribution < 1.29 is 4.74 Å². The third-order valence-electron chi connectivity index (χ3n) is 3.79. The fourth-order valence-electron chi connectivity index (χ4n) is 2.48. The summed E-state index contributed by atoms with van der Waals surface area (Å²) in [7, 11) is 3.64. The Morgan fingerprint density at radius 3 is 2.79 bits per heavy atom. The van der Waals surface area contributed by atoms with Crippen LogP contribution in [0.15, 0.2) is 35.5 Å². The molecule has 1 aromatic carbocycles. The van der Waals surface area contributed by atoms with E-state index in [-0.39, 0.29) is 0 Å². The maximum atomic E-state index is 5.43. The van der Waals surface area contributed by atoms with E-state index in [0.29, 0.717) is 6.54 Å². The van der Waals surface area contributed by atoms with Crippen molar-refractivity contribution in [2.45, 2.75) is 26.8 Å². The predicted octanol–water partition coefficient (Wildman–Crippen LogP) is 2.03. The fourth-order valence-corrected chi connectivity index (χ4v) is 2.48. The zero-order valence-electron chi connectivity index (χ0n) is 15.0. The second-order valence-corrected chi connectivity index (χ2v) is 5.63. The molecule has 0 aliphatic heterocycles. The Morgan fingerprint density at radius 2 is 2.12 bits per heavy atom. The molecule has 0 spiro atoms. The lowest BCUT2D eigenvalue weighted by molar-refractivity contribution is 0.409. The Balaban J connectivity index is 1.94. The van der Waals surface area contributed by atoms with Crippen molar-refractivity contribution in [2.75, 3.05) is 20.2 Å². The molecule has 0 aliphatic rings. The average molecular weight is 329 g/mol. The van der Waals surface area contributed by atoms with Gasteiger partial charge in [-0.05, 0) is 38.0 Å². The molecule has 0 saturated carbocycles. The molecule has 0 fully saturated rings. The summed E-state index contributed by atoms with van der Waals surface area (Å²) in [6.07, 6.45) is 2.66. The minimum atomic E-state index is 0.597. The summed E-state index contributed by atoms with van der Waals surface area (Å²) in [6, 6.07) is 8.23. The van der Waals surface area contributed by atoms with Crippen LogP contribution in [0.2, 0.25) is 0 Å². The number of methoxy groups -OCH3 is 1. The van der Waals surface area contributed by atoms with E-state index in [1.54, 1.807) is 13.3 Å². The number of rotatable bonds is 7. The second kappa shape index (κ2) is 8.96. The first-order valence-corrected chi connectivity index (χ1v) is 8.26. The van der Waals surface area contributed by atoms with Crippen LogP contribution >= 0.6 is 0 Å². The van der Waals surface area contributed by atoms with Gasteiger partial charge in [0.1, 0.15) is 5.75 Å². The molecular weight excluding hydrogens is 302 g/mol. The molecule has 2 aromatic rings. The monoisotopic (exact) mass is 329 g/mol. The standard InChI is InChI=1S/C18H27N5O/c1-5-19-18(21-13-16-9-11-22-23(16)3)20-10-8-15-12-14(2)6-7-17(15)24-4/h6-7,9,11-12H,5,8,10,13H2,1-4H3,(H2,19,20,21). The number of hydrogen-bond acceptors (Lipinski definition) is 3. The van der Waals surface area contributed by atoms with Gasteiger partial charge in [-0.15, -0.1) is 0 Å². The normalized spacial score (nSPS) is 11.4. The van der Waals surface area contributed by atoms with E-state index < -0.39 is 0 Å². The first kappa shape index (κ1) is 17.8. The van der Waals surface area contributed by atoms with Gasteiger partial charge in [-0.3, -0.25) is 4.68 Å². The summed E-state index contributed by atoms with van der Waals surface area (Å²) < 4.78 is 7.27. The summed E-state index contributed by atoms with van der Waals surface area (Å²) in [5, 5.41) is 10.8. The Kier molecular flexibility index (Phi) is 6.66. The Hall–Kier alpha value is -2.50. The number of guanidine groups is 1. The summed E-state index contributed by atoms with van der Waals surface area (Å²) in [4.78, 5) is 4.61. The zero-order valence-corrected chi connectivity index (χ0v) is 15.0. The van der Waals surface area contributed by atoms with Crippen LogP contribution in [-0.4, -0.2) is 35.9 Å². The quantitative estimate of drug-likeness (QED) is 0.603. The zero-order chi connectivity index (χ0) is 17.4. The molecule has 0 saturated heterocycles. The van der Waals surface area contributed by atoms with Crippen molar-refractivity contribution in [3.63, 3.8) is 0 Å². The van der Waals surface area contributed by atoms with Crippen LogP contribution < -0.4 is 15.4 Å². The smallest absolute Gasteiger partial charge is 0.191 e. The van der Waals surface area contributed by atoms with Crippen LogP contribution in [0.4, 0.5) is 0 Å². The number of nitrogens with one attached hydrogen (secondary N) is 2. The molecule has 0 bridgehead atoms. The Labute approximate surface area is 143 Å². The van der Waals surface area contributed by atoms with Gasteiger partial charge in [-0.25, -0.2) is 4.99 Å². The van der Waals surface area contributed by atoms with E-state index in [4.69, 9.17) is 4.74 Å². The minimum absolute atomic E-state index is 0.597. The second-order valence-electron chi connectivity index (χ2n) is 5.63. The Morgan fingerprint density at radius 1 is 1.29 bits per heavy atom. The molecule has 6 nitrogen and oxygen atoms in total. The molecule has 1 aromatic heterocycles. The van der Waals surface area contributed by atoms with Gasteiger partial charge in [0.25, 0.3) is 0 Å². The van der Waals surface area contributed by atoms with Gasteiger partial charge in [0.15, 0.2) is 5.96 Å². The van der Waals surface area contributed by atoms with Gasteiger partial charge in [0.05, 0.1) is 19.3 Å². The highest BCUT2D eigenvalue weighted by molar-refractivity contribution is 5.79. The van der Waals surface area contributed by atoms with Gasteiger partial charge in [0.2, 0.25) is 0 Å².